The number of nitrogens with one attached hydrogen (secondary N) is 2. The molecule has 2 rings (SSSR count). The highest BCUT2D eigenvalue weighted by molar-refractivity contribution is 5.67. The summed E-state index contributed by atoms with van der Waals surface area (Å²) in [5.74, 6) is 1.42. The van der Waals surface area contributed by atoms with Gasteiger partial charge < -0.3 is 19.4 Å². The molecular formula is C10H12N2O2. The minimum absolute atomic E-state index is 0.706. The van der Waals surface area contributed by atoms with Gasteiger partial charge in [-0.1, -0.05) is 0 Å². The summed E-state index contributed by atoms with van der Waals surface area (Å²) < 4.78 is 10.4. The zero-order valence-electron chi connectivity index (χ0n) is 8.13. The van der Waals surface area contributed by atoms with Crippen LogP contribution in [0.2, 0.25) is 0 Å². The summed E-state index contributed by atoms with van der Waals surface area (Å²) in [5.41, 5.74) is 1.87. The molecule has 0 aliphatic rings. The van der Waals surface area contributed by atoms with Crippen LogP contribution in [0.4, 0.5) is 0 Å². The first-order valence-electron chi connectivity index (χ1n) is 4.30. The lowest BCUT2D eigenvalue weighted by molar-refractivity contribution is 0.359. The van der Waals surface area contributed by atoms with Crippen molar-refractivity contribution < 1.29 is 9.47 Å². The fraction of sp³-hybridized carbons (Fsp3) is 0.200. The van der Waals surface area contributed by atoms with Crippen molar-refractivity contribution in [3.63, 3.8) is 0 Å². The van der Waals surface area contributed by atoms with Gasteiger partial charge >= 0.3 is 0 Å². The van der Waals surface area contributed by atoms with Crippen molar-refractivity contribution in [1.82, 2.24) is 9.97 Å². The number of H-pyrrole nitrogens is 2. The van der Waals surface area contributed by atoms with Gasteiger partial charge in [0, 0.05) is 12.4 Å². The topological polar surface area (TPSA) is 50.0 Å². The number of methoxy groups -OCH3 is 2. The molecule has 0 saturated heterocycles. The second-order valence-corrected chi connectivity index (χ2v) is 2.85. The number of hydrogen-bond donors (Lipinski definition) is 2. The van der Waals surface area contributed by atoms with Gasteiger partial charge in [-0.3, -0.25) is 0 Å². The smallest absolute Gasteiger partial charge is 0.188 e. The number of hydrogen-bond acceptors (Lipinski definition) is 2. The Morgan fingerprint density at radius 2 is 2.00 bits per heavy atom. The van der Waals surface area contributed by atoms with Crippen LogP contribution in [-0.2, 0) is 0 Å². The van der Waals surface area contributed by atoms with Gasteiger partial charge in [-0.15, -0.1) is 0 Å². The predicted octanol–water partition coefficient (Wildman–Crippen LogP) is 2.03. The Morgan fingerprint density at radius 1 is 1.14 bits per heavy atom. The average Bonchev–Trinajstić information content (AvgIpc) is 2.85. The van der Waals surface area contributed by atoms with Crippen LogP contribution >= 0.6 is 0 Å². The molecular weight excluding hydrogens is 180 g/mol. The Balaban J connectivity index is 2.48. The molecule has 2 aromatic rings. The first-order valence-corrected chi connectivity index (χ1v) is 4.30. The van der Waals surface area contributed by atoms with Crippen LogP contribution in [0.15, 0.2) is 24.5 Å². The lowest BCUT2D eigenvalue weighted by Crippen LogP contribution is -1.88. The third-order valence-corrected chi connectivity index (χ3v) is 2.09. The molecule has 0 unspecified atom stereocenters. The first kappa shape index (κ1) is 8.74. The van der Waals surface area contributed by atoms with Gasteiger partial charge in [0.2, 0.25) is 0 Å². The molecule has 0 bridgehead atoms. The monoisotopic (exact) mass is 192 g/mol. The highest BCUT2D eigenvalue weighted by Crippen LogP contribution is 2.36. The van der Waals surface area contributed by atoms with Crippen molar-refractivity contribution in [2.24, 2.45) is 0 Å². The summed E-state index contributed by atoms with van der Waals surface area (Å²) in [6.45, 7) is 0. The largest absolute Gasteiger partial charge is 0.491 e. The standard InChI is InChI=1S/C10H12N2O2/c1-13-8-6-12-9(10(8)14-2)7-4-3-5-11-7/h3-6,11-12H,1-2H3. The van der Waals surface area contributed by atoms with Crippen molar-refractivity contribution in [1.29, 1.82) is 0 Å². The number of ether oxygens (including phenoxy) is 2. The van der Waals surface area contributed by atoms with Gasteiger partial charge in [0.25, 0.3) is 0 Å². The Kier molecular flexibility index (Phi) is 2.18. The summed E-state index contributed by atoms with van der Waals surface area (Å²) >= 11 is 0. The summed E-state index contributed by atoms with van der Waals surface area (Å²) in [6, 6.07) is 3.90. The number of aromatic amines is 2. The Morgan fingerprint density at radius 3 is 2.57 bits per heavy atom. The summed E-state index contributed by atoms with van der Waals surface area (Å²) in [7, 11) is 3.24. The van der Waals surface area contributed by atoms with E-state index >= 15 is 0 Å². The van der Waals surface area contributed by atoms with Crippen LogP contribution in [-0.4, -0.2) is 24.2 Å². The van der Waals surface area contributed by atoms with Crippen molar-refractivity contribution in [3.8, 4) is 22.9 Å². The normalized spacial score (nSPS) is 10.1. The molecule has 2 heterocycles. The molecule has 2 N–H and O–H groups in total. The molecule has 4 heteroatoms. The minimum atomic E-state index is 0.706. The minimum Gasteiger partial charge on any atom is -0.491 e. The third kappa shape index (κ3) is 1.25. The zero-order valence-corrected chi connectivity index (χ0v) is 8.13. The molecule has 0 aliphatic carbocycles. The molecule has 0 spiro atoms. The molecule has 2 aromatic heterocycles. The molecule has 0 fully saturated rings. The van der Waals surface area contributed by atoms with Crippen LogP contribution in [0.1, 0.15) is 0 Å². The molecule has 14 heavy (non-hydrogen) atoms. The van der Waals surface area contributed by atoms with Crippen LogP contribution in [0.5, 0.6) is 11.5 Å². The molecule has 0 amide bonds. The Labute approximate surface area is 81.9 Å². The Hall–Kier alpha value is -1.84. The number of aromatic nitrogens is 2. The molecule has 0 radical (unpaired) electrons. The van der Waals surface area contributed by atoms with Gasteiger partial charge in [-0.25, -0.2) is 0 Å². The van der Waals surface area contributed by atoms with E-state index in [1.54, 1.807) is 20.4 Å². The van der Waals surface area contributed by atoms with E-state index in [4.69, 9.17) is 9.47 Å². The average molecular weight is 192 g/mol. The molecule has 4 nitrogen and oxygen atoms in total. The molecule has 0 aliphatic heterocycles. The van der Waals surface area contributed by atoms with Gasteiger partial charge in [0.05, 0.1) is 19.9 Å². The van der Waals surface area contributed by atoms with Crippen molar-refractivity contribution >= 4 is 0 Å². The molecule has 0 aromatic carbocycles. The predicted molar refractivity (Wildman–Crippen MR) is 53.7 cm³/mol. The fourth-order valence-electron chi connectivity index (χ4n) is 1.43. The quantitative estimate of drug-likeness (QED) is 0.781. The van der Waals surface area contributed by atoms with E-state index in [0.717, 1.165) is 17.1 Å². The van der Waals surface area contributed by atoms with Crippen molar-refractivity contribution in [2.75, 3.05) is 14.2 Å². The SMILES string of the molecule is COc1c[nH]c(-c2ccc[nH]2)c1OC. The third-order valence-electron chi connectivity index (χ3n) is 2.09. The van der Waals surface area contributed by atoms with E-state index in [0.29, 0.717) is 5.75 Å². The van der Waals surface area contributed by atoms with Gasteiger partial charge in [0.15, 0.2) is 11.5 Å². The van der Waals surface area contributed by atoms with Gasteiger partial charge in [-0.2, -0.15) is 0 Å². The Bertz CT molecular complexity index is 404. The van der Waals surface area contributed by atoms with Crippen molar-refractivity contribution in [3.05, 3.63) is 24.5 Å². The van der Waals surface area contributed by atoms with Gasteiger partial charge in [0.1, 0.15) is 5.69 Å². The van der Waals surface area contributed by atoms with Crippen LogP contribution in [0, 0.1) is 0 Å². The highest BCUT2D eigenvalue weighted by atomic mass is 16.5. The van der Waals surface area contributed by atoms with E-state index in [1.807, 2.05) is 18.3 Å². The summed E-state index contributed by atoms with van der Waals surface area (Å²) in [4.78, 5) is 6.20. The van der Waals surface area contributed by atoms with Crippen LogP contribution in [0.25, 0.3) is 11.4 Å². The summed E-state index contributed by atoms with van der Waals surface area (Å²) in [5, 5.41) is 0. The maximum atomic E-state index is 5.25. The van der Waals surface area contributed by atoms with E-state index in [2.05, 4.69) is 9.97 Å². The molecule has 0 atom stereocenters. The molecule has 0 saturated carbocycles. The number of rotatable bonds is 3. The molecule has 74 valence electrons. The second-order valence-electron chi connectivity index (χ2n) is 2.85. The van der Waals surface area contributed by atoms with E-state index in [1.165, 1.54) is 0 Å². The van der Waals surface area contributed by atoms with Crippen LogP contribution in [0.3, 0.4) is 0 Å². The highest BCUT2D eigenvalue weighted by Gasteiger charge is 2.13. The summed E-state index contributed by atoms with van der Waals surface area (Å²) in [6.07, 6.45) is 3.64. The first-order chi connectivity index (χ1) is 6.86. The lowest BCUT2D eigenvalue weighted by atomic mass is 10.3. The maximum absolute atomic E-state index is 5.25. The zero-order chi connectivity index (χ0) is 9.97. The van der Waals surface area contributed by atoms with Gasteiger partial charge in [-0.05, 0) is 12.1 Å². The van der Waals surface area contributed by atoms with Crippen LogP contribution < -0.4 is 9.47 Å². The lowest BCUT2D eigenvalue weighted by Gasteiger charge is -2.03. The van der Waals surface area contributed by atoms with E-state index < -0.39 is 0 Å². The second kappa shape index (κ2) is 3.49. The van der Waals surface area contributed by atoms with Crippen molar-refractivity contribution in [2.45, 2.75) is 0 Å². The fourth-order valence-corrected chi connectivity index (χ4v) is 1.43. The maximum Gasteiger partial charge on any atom is 0.188 e. The van der Waals surface area contributed by atoms with E-state index in [-0.39, 0.29) is 0 Å². The van der Waals surface area contributed by atoms with E-state index in [9.17, 15) is 0 Å².